The summed E-state index contributed by atoms with van der Waals surface area (Å²) in [4.78, 5) is 0. The SMILES string of the molecule is CCCCCCCCCCOc1ccc2ccccc2c1CNCc1cc(OC)c(OC)cc1Cl. The van der Waals surface area contributed by atoms with E-state index in [-0.39, 0.29) is 0 Å². The molecule has 0 spiro atoms. The monoisotopic (exact) mass is 497 g/mol. The molecule has 3 aromatic rings. The number of ether oxygens (including phenoxy) is 3. The first kappa shape index (κ1) is 27.2. The largest absolute Gasteiger partial charge is 0.493 e. The third-order valence-corrected chi connectivity index (χ3v) is 6.77. The molecule has 4 nitrogen and oxygen atoms in total. The van der Waals surface area contributed by atoms with Crippen molar-refractivity contribution in [3.8, 4) is 17.2 Å². The van der Waals surface area contributed by atoms with Crippen molar-refractivity contribution in [2.75, 3.05) is 20.8 Å². The van der Waals surface area contributed by atoms with Gasteiger partial charge in [-0.25, -0.2) is 0 Å². The Labute approximate surface area is 215 Å². The predicted molar refractivity (Wildman–Crippen MR) is 147 cm³/mol. The van der Waals surface area contributed by atoms with Crippen molar-refractivity contribution in [3.05, 3.63) is 64.7 Å². The first-order chi connectivity index (χ1) is 17.2. The lowest BCUT2D eigenvalue weighted by molar-refractivity contribution is 0.301. The second-order valence-corrected chi connectivity index (χ2v) is 9.40. The Morgan fingerprint density at radius 1 is 0.743 bits per heavy atom. The van der Waals surface area contributed by atoms with Crippen LogP contribution in [-0.4, -0.2) is 20.8 Å². The van der Waals surface area contributed by atoms with Gasteiger partial charge in [-0.15, -0.1) is 0 Å². The molecule has 0 radical (unpaired) electrons. The highest BCUT2D eigenvalue weighted by Gasteiger charge is 2.12. The third-order valence-electron chi connectivity index (χ3n) is 6.42. The summed E-state index contributed by atoms with van der Waals surface area (Å²) in [7, 11) is 3.25. The van der Waals surface area contributed by atoms with Crippen molar-refractivity contribution >= 4 is 22.4 Å². The number of unbranched alkanes of at least 4 members (excludes halogenated alkanes) is 7. The van der Waals surface area contributed by atoms with Crippen LogP contribution in [-0.2, 0) is 13.1 Å². The summed E-state index contributed by atoms with van der Waals surface area (Å²) in [6.45, 7) is 4.31. The topological polar surface area (TPSA) is 39.7 Å². The molecule has 1 N–H and O–H groups in total. The molecule has 190 valence electrons. The molecule has 0 heterocycles. The molecule has 0 unspecified atom stereocenters. The number of halogens is 1. The Morgan fingerprint density at radius 2 is 1.43 bits per heavy atom. The Hall–Kier alpha value is -2.43. The number of fused-ring (bicyclic) bond motifs is 1. The lowest BCUT2D eigenvalue weighted by Crippen LogP contribution is -2.15. The van der Waals surface area contributed by atoms with Crippen LogP contribution in [0.1, 0.15) is 69.4 Å². The van der Waals surface area contributed by atoms with Crippen LogP contribution in [0.2, 0.25) is 5.02 Å². The maximum atomic E-state index is 6.49. The van der Waals surface area contributed by atoms with Crippen molar-refractivity contribution in [2.24, 2.45) is 0 Å². The summed E-state index contributed by atoms with van der Waals surface area (Å²) in [6, 6.07) is 16.4. The molecule has 0 bridgehead atoms. The average Bonchev–Trinajstić information content (AvgIpc) is 2.89. The summed E-state index contributed by atoms with van der Waals surface area (Å²) >= 11 is 6.49. The molecule has 5 heteroatoms. The van der Waals surface area contributed by atoms with Crippen LogP contribution in [0.5, 0.6) is 17.2 Å². The molecule has 0 aromatic heterocycles. The fourth-order valence-corrected chi connectivity index (χ4v) is 4.63. The highest BCUT2D eigenvalue weighted by molar-refractivity contribution is 6.31. The fraction of sp³-hybridized carbons (Fsp3) is 0.467. The van der Waals surface area contributed by atoms with Crippen LogP contribution in [0.4, 0.5) is 0 Å². The van der Waals surface area contributed by atoms with E-state index in [0.29, 0.717) is 29.6 Å². The maximum Gasteiger partial charge on any atom is 0.162 e. The number of rotatable bonds is 16. The van der Waals surface area contributed by atoms with Crippen LogP contribution in [0, 0.1) is 0 Å². The van der Waals surface area contributed by atoms with Crippen molar-refractivity contribution < 1.29 is 14.2 Å². The van der Waals surface area contributed by atoms with Crippen LogP contribution in [0.3, 0.4) is 0 Å². The van der Waals surface area contributed by atoms with E-state index in [2.05, 4.69) is 48.6 Å². The molecule has 0 aliphatic heterocycles. The number of methoxy groups -OCH3 is 2. The minimum atomic E-state index is 0.611. The van der Waals surface area contributed by atoms with E-state index < -0.39 is 0 Å². The van der Waals surface area contributed by atoms with E-state index in [1.807, 2.05) is 6.07 Å². The minimum absolute atomic E-state index is 0.611. The van der Waals surface area contributed by atoms with Crippen molar-refractivity contribution in [2.45, 2.75) is 71.4 Å². The van der Waals surface area contributed by atoms with Crippen molar-refractivity contribution in [1.82, 2.24) is 5.32 Å². The number of hydrogen-bond acceptors (Lipinski definition) is 4. The highest BCUT2D eigenvalue weighted by Crippen LogP contribution is 2.33. The predicted octanol–water partition coefficient (Wildman–Crippen LogP) is 8.32. The number of hydrogen-bond donors (Lipinski definition) is 1. The summed E-state index contributed by atoms with van der Waals surface area (Å²) < 4.78 is 17.1. The van der Waals surface area contributed by atoms with Crippen LogP contribution in [0.25, 0.3) is 10.8 Å². The molecule has 35 heavy (non-hydrogen) atoms. The number of nitrogens with one attached hydrogen (secondary N) is 1. The lowest BCUT2D eigenvalue weighted by atomic mass is 10.0. The van der Waals surface area contributed by atoms with Gasteiger partial charge in [-0.2, -0.15) is 0 Å². The Kier molecular flexibility index (Phi) is 11.5. The van der Waals surface area contributed by atoms with Crippen molar-refractivity contribution in [3.63, 3.8) is 0 Å². The highest BCUT2D eigenvalue weighted by atomic mass is 35.5. The van der Waals surface area contributed by atoms with Crippen LogP contribution < -0.4 is 19.5 Å². The molecule has 0 amide bonds. The molecule has 0 saturated carbocycles. The van der Waals surface area contributed by atoms with E-state index >= 15 is 0 Å². The molecule has 0 saturated heterocycles. The Bertz CT molecular complexity index is 1050. The second-order valence-electron chi connectivity index (χ2n) is 8.99. The van der Waals surface area contributed by atoms with Gasteiger partial charge in [-0.1, -0.05) is 93.8 Å². The quantitative estimate of drug-likeness (QED) is 0.202. The van der Waals surface area contributed by atoms with Gasteiger partial charge in [0, 0.05) is 29.7 Å². The zero-order valence-electron chi connectivity index (χ0n) is 21.5. The molecule has 0 atom stereocenters. The van der Waals surface area contributed by atoms with E-state index in [4.69, 9.17) is 25.8 Å². The standard InChI is InChI=1S/C30H40ClNO3/c1-4-5-6-7-8-9-10-13-18-35-28-17-16-23-14-11-12-15-25(23)26(28)22-32-21-24-19-29(33-2)30(34-3)20-27(24)31/h11-12,14-17,19-20,32H,4-10,13,18,21-22H2,1-3H3. The zero-order chi connectivity index (χ0) is 24.9. The smallest absolute Gasteiger partial charge is 0.162 e. The van der Waals surface area contributed by atoms with Gasteiger partial charge < -0.3 is 19.5 Å². The lowest BCUT2D eigenvalue weighted by Gasteiger charge is -2.16. The van der Waals surface area contributed by atoms with Gasteiger partial charge in [0.1, 0.15) is 5.75 Å². The molecule has 0 aliphatic carbocycles. The summed E-state index contributed by atoms with van der Waals surface area (Å²) in [5.41, 5.74) is 2.14. The van der Waals surface area contributed by atoms with Gasteiger partial charge in [-0.05, 0) is 34.9 Å². The molecular formula is C30H40ClNO3. The first-order valence-corrected chi connectivity index (χ1v) is 13.3. The number of benzene rings is 3. The summed E-state index contributed by atoms with van der Waals surface area (Å²) in [5.74, 6) is 2.26. The van der Waals surface area contributed by atoms with Crippen LogP contribution in [0.15, 0.2) is 48.5 Å². The Balaban J connectivity index is 1.60. The van der Waals surface area contributed by atoms with E-state index in [9.17, 15) is 0 Å². The molecular weight excluding hydrogens is 458 g/mol. The zero-order valence-corrected chi connectivity index (χ0v) is 22.3. The Morgan fingerprint density at radius 3 is 2.17 bits per heavy atom. The summed E-state index contributed by atoms with van der Waals surface area (Å²) in [6.07, 6.45) is 10.3. The maximum absolute atomic E-state index is 6.49. The molecule has 0 aliphatic rings. The molecule has 3 aromatic carbocycles. The fourth-order valence-electron chi connectivity index (χ4n) is 4.41. The van der Waals surface area contributed by atoms with Gasteiger partial charge in [0.2, 0.25) is 0 Å². The minimum Gasteiger partial charge on any atom is -0.493 e. The van der Waals surface area contributed by atoms with Gasteiger partial charge in [0.15, 0.2) is 11.5 Å². The molecule has 3 rings (SSSR count). The molecule has 0 fully saturated rings. The third kappa shape index (κ3) is 8.05. The second kappa shape index (κ2) is 14.9. The first-order valence-electron chi connectivity index (χ1n) is 12.9. The van der Waals surface area contributed by atoms with Gasteiger partial charge in [0.25, 0.3) is 0 Å². The van der Waals surface area contributed by atoms with E-state index in [1.54, 1.807) is 20.3 Å². The average molecular weight is 498 g/mol. The van der Waals surface area contributed by atoms with Gasteiger partial charge in [-0.3, -0.25) is 0 Å². The normalized spacial score (nSPS) is 11.1. The van der Waals surface area contributed by atoms with Gasteiger partial charge in [0.05, 0.1) is 20.8 Å². The van der Waals surface area contributed by atoms with Crippen molar-refractivity contribution in [1.29, 1.82) is 0 Å². The van der Waals surface area contributed by atoms with Crippen LogP contribution >= 0.6 is 11.6 Å². The summed E-state index contributed by atoms with van der Waals surface area (Å²) in [5, 5.41) is 6.64. The van der Waals surface area contributed by atoms with E-state index in [0.717, 1.165) is 24.3 Å². The van der Waals surface area contributed by atoms with Gasteiger partial charge >= 0.3 is 0 Å². The van der Waals surface area contributed by atoms with E-state index in [1.165, 1.54) is 61.3 Å².